The van der Waals surface area contributed by atoms with Crippen LogP contribution in [-0.2, 0) is 21.2 Å². The van der Waals surface area contributed by atoms with Crippen LogP contribution in [0.4, 0.5) is 0 Å². The van der Waals surface area contributed by atoms with Crippen LogP contribution in [0, 0.1) is 5.92 Å². The molecule has 7 nitrogen and oxygen atoms in total. The van der Waals surface area contributed by atoms with Crippen LogP contribution in [-0.4, -0.2) is 54.0 Å². The summed E-state index contributed by atoms with van der Waals surface area (Å²) in [5.74, 6) is 1.65. The van der Waals surface area contributed by atoms with E-state index in [-0.39, 0.29) is 41.4 Å². The highest BCUT2D eigenvalue weighted by Gasteiger charge is 2.49. The number of carbonyl (C=O) groups excluding carboxylic acids is 1. The number of carbonyl (C=O) groups is 1. The summed E-state index contributed by atoms with van der Waals surface area (Å²) in [6, 6.07) is 5.57. The monoisotopic (exact) mass is 394 g/mol. The zero-order valence-electron chi connectivity index (χ0n) is 14.0. The van der Waals surface area contributed by atoms with Crippen LogP contribution >= 0.6 is 11.8 Å². The van der Waals surface area contributed by atoms with Gasteiger partial charge in [-0.2, -0.15) is 4.99 Å². The molecule has 3 fully saturated rings. The standard InChI is InChI=1S/C17H18N2O5S2/c20-16(11-2-3-11)18-17-19(12-7-26(21,22)8-15(12)25-17)6-10-1-4-13-14(5-10)24-9-23-13/h1,4-5,11-12,15H,2-3,6-9H2. The van der Waals surface area contributed by atoms with Crippen molar-refractivity contribution in [1.82, 2.24) is 4.90 Å². The quantitative estimate of drug-likeness (QED) is 0.766. The third kappa shape index (κ3) is 2.96. The molecule has 0 aromatic heterocycles. The third-order valence-corrected chi connectivity index (χ3v) is 8.34. The summed E-state index contributed by atoms with van der Waals surface area (Å²) < 4.78 is 34.9. The largest absolute Gasteiger partial charge is 0.454 e. The molecule has 0 radical (unpaired) electrons. The minimum absolute atomic E-state index is 0.0552. The van der Waals surface area contributed by atoms with Crippen molar-refractivity contribution >= 4 is 32.7 Å². The summed E-state index contributed by atoms with van der Waals surface area (Å²) in [7, 11) is -3.04. The molecule has 1 aromatic rings. The zero-order chi connectivity index (χ0) is 17.9. The Morgan fingerprint density at radius 2 is 2.04 bits per heavy atom. The van der Waals surface area contributed by atoms with E-state index in [0.717, 1.165) is 18.4 Å². The van der Waals surface area contributed by atoms with Gasteiger partial charge >= 0.3 is 0 Å². The van der Waals surface area contributed by atoms with Gasteiger partial charge in [-0.25, -0.2) is 8.42 Å². The highest BCUT2D eigenvalue weighted by Crippen LogP contribution is 2.41. The topological polar surface area (TPSA) is 85.3 Å². The third-order valence-electron chi connectivity index (χ3n) is 5.10. The van der Waals surface area contributed by atoms with E-state index < -0.39 is 9.84 Å². The lowest BCUT2D eigenvalue weighted by Crippen LogP contribution is -2.37. The molecular formula is C17H18N2O5S2. The first-order valence-corrected chi connectivity index (χ1v) is 11.3. The van der Waals surface area contributed by atoms with Gasteiger partial charge in [0.1, 0.15) is 0 Å². The number of thioether (sulfide) groups is 1. The van der Waals surface area contributed by atoms with E-state index in [1.54, 1.807) is 0 Å². The maximum Gasteiger partial charge on any atom is 0.251 e. The Morgan fingerprint density at radius 3 is 2.85 bits per heavy atom. The first-order valence-electron chi connectivity index (χ1n) is 8.63. The number of ether oxygens (including phenoxy) is 2. The molecule has 4 aliphatic rings. The van der Waals surface area contributed by atoms with Gasteiger partial charge in [0.15, 0.2) is 26.5 Å². The first kappa shape index (κ1) is 16.4. The SMILES string of the molecule is O=C(N=C1SC2CS(=O)(=O)CC2N1Cc1ccc2c(c1)OCO2)C1CC1. The van der Waals surface area contributed by atoms with Crippen molar-refractivity contribution in [3.8, 4) is 11.5 Å². The molecule has 1 aliphatic carbocycles. The van der Waals surface area contributed by atoms with Crippen LogP contribution in [0.25, 0.3) is 0 Å². The average Bonchev–Trinajstić information content (AvgIpc) is 3.18. The smallest absolute Gasteiger partial charge is 0.251 e. The van der Waals surface area contributed by atoms with Crippen molar-refractivity contribution in [1.29, 1.82) is 0 Å². The molecule has 3 aliphatic heterocycles. The van der Waals surface area contributed by atoms with Crippen LogP contribution in [0.5, 0.6) is 11.5 Å². The van der Waals surface area contributed by atoms with Crippen molar-refractivity contribution in [2.24, 2.45) is 10.9 Å². The van der Waals surface area contributed by atoms with Crippen LogP contribution in [0.1, 0.15) is 18.4 Å². The second-order valence-corrected chi connectivity index (χ2v) is 10.5. The summed E-state index contributed by atoms with van der Waals surface area (Å²) in [5, 5.41) is 0.601. The molecular weight excluding hydrogens is 376 g/mol. The predicted molar refractivity (Wildman–Crippen MR) is 97.1 cm³/mol. The molecule has 26 heavy (non-hydrogen) atoms. The molecule has 1 aromatic carbocycles. The molecule has 5 rings (SSSR count). The van der Waals surface area contributed by atoms with Crippen molar-refractivity contribution in [2.75, 3.05) is 18.3 Å². The lowest BCUT2D eigenvalue weighted by molar-refractivity contribution is -0.118. The van der Waals surface area contributed by atoms with Gasteiger partial charge in [0.05, 0.1) is 17.5 Å². The lowest BCUT2D eigenvalue weighted by Gasteiger charge is -2.24. The average molecular weight is 394 g/mol. The van der Waals surface area contributed by atoms with Crippen molar-refractivity contribution in [2.45, 2.75) is 30.7 Å². The molecule has 0 spiro atoms. The highest BCUT2D eigenvalue weighted by molar-refractivity contribution is 8.15. The summed E-state index contributed by atoms with van der Waals surface area (Å²) in [6.45, 7) is 0.709. The Labute approximate surface area is 155 Å². The van der Waals surface area contributed by atoms with Crippen LogP contribution in [0.2, 0.25) is 0 Å². The van der Waals surface area contributed by atoms with Gasteiger partial charge in [-0.15, -0.1) is 0 Å². The van der Waals surface area contributed by atoms with Gasteiger partial charge < -0.3 is 14.4 Å². The number of nitrogens with zero attached hydrogens (tertiary/aromatic N) is 2. The molecule has 3 heterocycles. The maximum atomic E-state index is 12.2. The van der Waals surface area contributed by atoms with E-state index in [1.807, 2.05) is 23.1 Å². The van der Waals surface area contributed by atoms with E-state index in [0.29, 0.717) is 23.2 Å². The van der Waals surface area contributed by atoms with E-state index in [2.05, 4.69) is 4.99 Å². The number of fused-ring (bicyclic) bond motifs is 2. The first-order chi connectivity index (χ1) is 12.5. The summed E-state index contributed by atoms with van der Waals surface area (Å²) in [4.78, 5) is 18.5. The number of hydrogen-bond acceptors (Lipinski definition) is 6. The second kappa shape index (κ2) is 5.88. The van der Waals surface area contributed by atoms with E-state index in [4.69, 9.17) is 9.47 Å². The summed E-state index contributed by atoms with van der Waals surface area (Å²) in [5.41, 5.74) is 0.978. The van der Waals surface area contributed by atoms with Gasteiger partial charge in [-0.05, 0) is 30.5 Å². The number of amides is 1. The maximum absolute atomic E-state index is 12.2. The number of aliphatic imine (C=N–C) groups is 1. The number of hydrogen-bond donors (Lipinski definition) is 0. The molecule has 2 unspecified atom stereocenters. The number of rotatable bonds is 3. The predicted octanol–water partition coefficient (Wildman–Crippen LogP) is 1.42. The van der Waals surface area contributed by atoms with Crippen LogP contribution in [0.15, 0.2) is 23.2 Å². The molecule has 0 N–H and O–H groups in total. The lowest BCUT2D eigenvalue weighted by atomic mass is 10.1. The van der Waals surface area contributed by atoms with Crippen molar-refractivity contribution in [3.05, 3.63) is 23.8 Å². The normalized spacial score (nSPS) is 30.0. The highest BCUT2D eigenvalue weighted by atomic mass is 32.2. The van der Waals surface area contributed by atoms with E-state index in [9.17, 15) is 13.2 Å². The van der Waals surface area contributed by atoms with Crippen LogP contribution < -0.4 is 9.47 Å². The van der Waals surface area contributed by atoms with Crippen molar-refractivity contribution < 1.29 is 22.7 Å². The Bertz CT molecular complexity index is 910. The Morgan fingerprint density at radius 1 is 1.23 bits per heavy atom. The molecule has 1 amide bonds. The van der Waals surface area contributed by atoms with Gasteiger partial charge in [0.25, 0.3) is 5.91 Å². The molecule has 2 saturated heterocycles. The molecule has 2 atom stereocenters. The Hall–Kier alpha value is -1.74. The zero-order valence-corrected chi connectivity index (χ0v) is 15.6. The molecule has 138 valence electrons. The summed E-state index contributed by atoms with van der Waals surface area (Å²) >= 11 is 1.43. The summed E-state index contributed by atoms with van der Waals surface area (Å²) in [6.07, 6.45) is 1.81. The number of benzene rings is 1. The van der Waals surface area contributed by atoms with Gasteiger partial charge in [0, 0.05) is 17.7 Å². The molecule has 1 saturated carbocycles. The number of sulfone groups is 1. The van der Waals surface area contributed by atoms with E-state index >= 15 is 0 Å². The minimum Gasteiger partial charge on any atom is -0.454 e. The fourth-order valence-electron chi connectivity index (χ4n) is 3.57. The Balaban J connectivity index is 1.44. The second-order valence-electron chi connectivity index (χ2n) is 7.12. The fourth-order valence-corrected chi connectivity index (χ4v) is 7.53. The number of amidine groups is 1. The van der Waals surface area contributed by atoms with Crippen LogP contribution in [0.3, 0.4) is 0 Å². The van der Waals surface area contributed by atoms with Gasteiger partial charge in [-0.1, -0.05) is 17.8 Å². The van der Waals surface area contributed by atoms with Crippen molar-refractivity contribution in [3.63, 3.8) is 0 Å². The molecule has 0 bridgehead atoms. The Kier molecular flexibility index (Phi) is 3.72. The van der Waals surface area contributed by atoms with Gasteiger partial charge in [0.2, 0.25) is 6.79 Å². The van der Waals surface area contributed by atoms with Gasteiger partial charge in [-0.3, -0.25) is 4.79 Å². The fraction of sp³-hybridized carbons (Fsp3) is 0.529. The molecule has 9 heteroatoms. The van der Waals surface area contributed by atoms with E-state index in [1.165, 1.54) is 11.8 Å². The minimum atomic E-state index is -3.04.